The molecule has 2 amide bonds. The standard InChI is InChI=1S/C18H21FN6O.C18H23FN4O/c1-17(2,22-23-20)16(26)25-10-9-24-11-14(21-15(24)18(25,3)4)12-5-7-13(19)8-6-12;1-17(2,20)16(24)23-10-9-22-11-14(21-15(22)18(23,3)4)12-5-7-13(19)8-6-12/h5-8,11H,9-10H2,1-4H3;5-8,11H,9-10,20H2,1-4H3. The van der Waals surface area contributed by atoms with E-state index >= 15 is 0 Å². The van der Waals surface area contributed by atoms with Crippen molar-refractivity contribution in [3.8, 4) is 22.5 Å². The summed E-state index contributed by atoms with van der Waals surface area (Å²) in [6, 6.07) is 12.4. The first-order valence-electron chi connectivity index (χ1n) is 16.4. The second-order valence-corrected chi connectivity index (χ2v) is 14.8. The predicted octanol–water partition coefficient (Wildman–Crippen LogP) is 6.36. The van der Waals surface area contributed by atoms with Gasteiger partial charge in [0.2, 0.25) is 11.8 Å². The number of amides is 2. The Morgan fingerprint density at radius 1 is 0.740 bits per heavy atom. The molecule has 2 N–H and O–H groups in total. The van der Waals surface area contributed by atoms with Gasteiger partial charge in [-0.1, -0.05) is 5.11 Å². The average Bonchev–Trinajstić information content (AvgIpc) is 3.68. The molecule has 0 bridgehead atoms. The van der Waals surface area contributed by atoms with Gasteiger partial charge in [-0.05, 0) is 109 Å². The van der Waals surface area contributed by atoms with E-state index in [1.807, 2.05) is 44.7 Å². The maximum atomic E-state index is 13.2. The quantitative estimate of drug-likeness (QED) is 0.147. The molecule has 6 rings (SSSR count). The molecule has 0 saturated carbocycles. The third-order valence-electron chi connectivity index (χ3n) is 9.27. The van der Waals surface area contributed by atoms with Gasteiger partial charge in [-0.2, -0.15) is 0 Å². The molecule has 264 valence electrons. The first kappa shape index (κ1) is 36.2. The van der Waals surface area contributed by atoms with Crippen LogP contribution in [0.15, 0.2) is 66.0 Å². The van der Waals surface area contributed by atoms with Crippen molar-refractivity contribution in [3.63, 3.8) is 0 Å². The van der Waals surface area contributed by atoms with Crippen LogP contribution < -0.4 is 5.73 Å². The number of azide groups is 1. The Morgan fingerprint density at radius 2 is 1.12 bits per heavy atom. The molecule has 0 radical (unpaired) electrons. The summed E-state index contributed by atoms with van der Waals surface area (Å²) in [6.07, 6.45) is 3.88. The van der Waals surface area contributed by atoms with Gasteiger partial charge in [0.25, 0.3) is 0 Å². The van der Waals surface area contributed by atoms with Crippen LogP contribution in [0.3, 0.4) is 0 Å². The molecule has 0 fully saturated rings. The van der Waals surface area contributed by atoms with Gasteiger partial charge >= 0.3 is 0 Å². The minimum atomic E-state index is -1.17. The van der Waals surface area contributed by atoms with E-state index in [-0.39, 0.29) is 23.4 Å². The number of carbonyl (C=O) groups excluding carboxylic acids is 2. The Morgan fingerprint density at radius 3 is 1.48 bits per heavy atom. The van der Waals surface area contributed by atoms with Crippen molar-refractivity contribution in [2.75, 3.05) is 13.1 Å². The van der Waals surface area contributed by atoms with Crippen LogP contribution in [0.5, 0.6) is 0 Å². The molecular weight excluding hydrogens is 642 g/mol. The number of halogens is 2. The second kappa shape index (κ2) is 13.0. The van der Waals surface area contributed by atoms with Gasteiger partial charge in [-0.3, -0.25) is 9.59 Å². The van der Waals surface area contributed by atoms with Gasteiger partial charge in [-0.25, -0.2) is 18.7 Å². The smallest absolute Gasteiger partial charge is 0.242 e. The van der Waals surface area contributed by atoms with Crippen LogP contribution in [0, 0.1) is 11.6 Å². The molecule has 2 aliphatic heterocycles. The van der Waals surface area contributed by atoms with Crippen molar-refractivity contribution in [2.45, 2.75) is 90.6 Å². The van der Waals surface area contributed by atoms with E-state index in [1.165, 1.54) is 24.3 Å². The number of aromatic nitrogens is 4. The van der Waals surface area contributed by atoms with Crippen molar-refractivity contribution in [1.29, 1.82) is 0 Å². The first-order valence-corrected chi connectivity index (χ1v) is 16.4. The highest BCUT2D eigenvalue weighted by atomic mass is 19.1. The molecule has 0 atom stereocenters. The Hall–Kier alpha value is -5.07. The van der Waals surface area contributed by atoms with Crippen molar-refractivity contribution in [2.24, 2.45) is 10.8 Å². The second-order valence-electron chi connectivity index (χ2n) is 14.8. The topological polar surface area (TPSA) is 151 Å². The van der Waals surface area contributed by atoms with E-state index in [1.54, 1.807) is 61.8 Å². The lowest BCUT2D eigenvalue weighted by Gasteiger charge is -2.44. The molecule has 2 aliphatic rings. The molecule has 0 saturated heterocycles. The Kier molecular flexibility index (Phi) is 9.41. The van der Waals surface area contributed by atoms with Crippen molar-refractivity contribution >= 4 is 11.8 Å². The van der Waals surface area contributed by atoms with Crippen LogP contribution in [0.4, 0.5) is 8.78 Å². The molecule has 50 heavy (non-hydrogen) atoms. The largest absolute Gasteiger partial charge is 0.331 e. The van der Waals surface area contributed by atoms with Gasteiger partial charge in [0.15, 0.2) is 0 Å². The van der Waals surface area contributed by atoms with Gasteiger partial charge in [0.1, 0.15) is 28.8 Å². The molecule has 4 heterocycles. The van der Waals surface area contributed by atoms with E-state index in [0.29, 0.717) is 26.2 Å². The zero-order chi connectivity index (χ0) is 36.8. The summed E-state index contributed by atoms with van der Waals surface area (Å²) in [5.41, 5.74) is 14.6. The number of nitrogens with two attached hydrogens (primary N) is 1. The maximum Gasteiger partial charge on any atom is 0.242 e. The first-order chi connectivity index (χ1) is 23.3. The third-order valence-corrected chi connectivity index (χ3v) is 9.27. The highest BCUT2D eigenvalue weighted by molar-refractivity contribution is 5.87. The summed E-state index contributed by atoms with van der Waals surface area (Å²) in [6.45, 7) is 16.8. The fraction of sp³-hybridized carbons (Fsp3) is 0.444. The van der Waals surface area contributed by atoms with E-state index in [9.17, 15) is 18.4 Å². The lowest BCUT2D eigenvalue weighted by Crippen LogP contribution is -2.59. The number of benzene rings is 2. The summed E-state index contributed by atoms with van der Waals surface area (Å²) in [7, 11) is 0. The fourth-order valence-corrected chi connectivity index (χ4v) is 6.43. The fourth-order valence-electron chi connectivity index (χ4n) is 6.43. The van der Waals surface area contributed by atoms with Crippen molar-refractivity contribution in [1.82, 2.24) is 28.9 Å². The number of nitrogens with zero attached hydrogens (tertiary/aromatic N) is 9. The number of hydrogen-bond donors (Lipinski definition) is 1. The molecule has 0 aliphatic carbocycles. The zero-order valence-corrected chi connectivity index (χ0v) is 29.8. The highest BCUT2D eigenvalue weighted by Gasteiger charge is 2.45. The Bertz CT molecular complexity index is 1950. The van der Waals surface area contributed by atoms with Crippen LogP contribution in [0.2, 0.25) is 0 Å². The van der Waals surface area contributed by atoms with Crippen LogP contribution in [0.25, 0.3) is 33.0 Å². The molecular formula is C36H44F2N10O2. The molecule has 0 spiro atoms. The predicted molar refractivity (Wildman–Crippen MR) is 186 cm³/mol. The molecule has 2 aromatic carbocycles. The van der Waals surface area contributed by atoms with Gasteiger partial charge in [0.05, 0.1) is 28.0 Å². The van der Waals surface area contributed by atoms with Crippen LogP contribution in [0.1, 0.15) is 67.0 Å². The Labute approximate surface area is 290 Å². The maximum absolute atomic E-state index is 13.2. The summed E-state index contributed by atoms with van der Waals surface area (Å²) in [4.78, 5) is 41.3. The SMILES string of the molecule is CC(C)(N)C(=O)N1CCn2cc(-c3ccc(F)cc3)nc2C1(C)C.CC(C)(N=[N+]=[N-])C(=O)N1CCn2cc(-c3ccc(F)cc3)nc2C1(C)C. The number of fused-ring (bicyclic) bond motifs is 2. The van der Waals surface area contributed by atoms with Gasteiger partial charge < -0.3 is 24.7 Å². The number of hydrogen-bond acceptors (Lipinski definition) is 6. The molecule has 0 unspecified atom stereocenters. The normalized spacial score (nSPS) is 16.4. The molecule has 2 aromatic heterocycles. The van der Waals surface area contributed by atoms with Crippen LogP contribution in [-0.2, 0) is 33.8 Å². The number of rotatable bonds is 5. The summed E-state index contributed by atoms with van der Waals surface area (Å²) in [5, 5.41) is 3.64. The monoisotopic (exact) mass is 686 g/mol. The highest BCUT2D eigenvalue weighted by Crippen LogP contribution is 2.36. The van der Waals surface area contributed by atoms with E-state index in [4.69, 9.17) is 21.2 Å². The number of carbonyl (C=O) groups is 2. The van der Waals surface area contributed by atoms with Crippen LogP contribution in [-0.4, -0.2) is 64.9 Å². The van der Waals surface area contributed by atoms with E-state index in [2.05, 4.69) is 14.6 Å². The summed E-state index contributed by atoms with van der Waals surface area (Å²) >= 11 is 0. The number of imidazole rings is 2. The van der Waals surface area contributed by atoms with Gasteiger partial charge in [0, 0.05) is 54.6 Å². The Balaban J connectivity index is 0.000000195. The minimum Gasteiger partial charge on any atom is -0.331 e. The molecule has 12 nitrogen and oxygen atoms in total. The molecule has 4 aromatic rings. The zero-order valence-electron chi connectivity index (χ0n) is 29.8. The third kappa shape index (κ3) is 6.86. The van der Waals surface area contributed by atoms with Gasteiger partial charge in [-0.15, -0.1) is 0 Å². The summed E-state index contributed by atoms with van der Waals surface area (Å²) < 4.78 is 30.4. The van der Waals surface area contributed by atoms with Crippen LogP contribution >= 0.6 is 0 Å². The molecule has 14 heteroatoms. The summed E-state index contributed by atoms with van der Waals surface area (Å²) in [5.74, 6) is 0.655. The average molecular weight is 687 g/mol. The van der Waals surface area contributed by atoms with Crippen molar-refractivity contribution in [3.05, 3.63) is 94.7 Å². The lowest BCUT2D eigenvalue weighted by atomic mass is 9.94. The lowest BCUT2D eigenvalue weighted by molar-refractivity contribution is -0.144. The van der Waals surface area contributed by atoms with Crippen molar-refractivity contribution < 1.29 is 18.4 Å². The van der Waals surface area contributed by atoms with E-state index in [0.717, 1.165) is 34.2 Å². The minimum absolute atomic E-state index is 0.0925. The van der Waals surface area contributed by atoms with E-state index < -0.39 is 22.2 Å².